The van der Waals surface area contributed by atoms with Gasteiger partial charge in [-0.1, -0.05) is 6.92 Å². The molecule has 0 aliphatic carbocycles. The summed E-state index contributed by atoms with van der Waals surface area (Å²) in [7, 11) is 0. The zero-order valence-electron chi connectivity index (χ0n) is 14.3. The fourth-order valence-corrected chi connectivity index (χ4v) is 4.23. The van der Waals surface area contributed by atoms with E-state index >= 15 is 0 Å². The summed E-state index contributed by atoms with van der Waals surface area (Å²) in [6.45, 7) is 17.1. The first-order chi connectivity index (χ1) is 9.28. The van der Waals surface area contributed by atoms with Crippen molar-refractivity contribution in [1.82, 2.24) is 10.2 Å². The van der Waals surface area contributed by atoms with Gasteiger partial charge >= 0.3 is 0 Å². The van der Waals surface area contributed by atoms with Crippen molar-refractivity contribution in [3.8, 4) is 0 Å². The maximum atomic E-state index is 6.41. The molecule has 3 heteroatoms. The summed E-state index contributed by atoms with van der Waals surface area (Å²) in [6.07, 6.45) is 3.88. The summed E-state index contributed by atoms with van der Waals surface area (Å²) in [4.78, 5) is 2.66. The van der Waals surface area contributed by atoms with Gasteiger partial charge in [-0.3, -0.25) is 0 Å². The average Bonchev–Trinajstić information content (AvgIpc) is 2.78. The second-order valence-corrected chi connectivity index (χ2v) is 7.83. The quantitative estimate of drug-likeness (QED) is 0.839. The molecule has 0 saturated carbocycles. The van der Waals surface area contributed by atoms with Crippen LogP contribution < -0.4 is 5.32 Å². The van der Waals surface area contributed by atoms with Crippen molar-refractivity contribution < 1.29 is 4.74 Å². The number of hydrogen-bond acceptors (Lipinski definition) is 3. The fourth-order valence-electron chi connectivity index (χ4n) is 4.23. The number of nitrogens with one attached hydrogen (secondary N) is 1. The molecule has 0 aromatic heterocycles. The number of rotatable bonds is 5. The molecule has 20 heavy (non-hydrogen) atoms. The van der Waals surface area contributed by atoms with Gasteiger partial charge in [-0.05, 0) is 67.0 Å². The number of hydrogen-bond donors (Lipinski definition) is 1. The second-order valence-electron chi connectivity index (χ2n) is 7.83. The van der Waals surface area contributed by atoms with E-state index in [0.717, 1.165) is 12.6 Å². The first-order valence-corrected chi connectivity index (χ1v) is 8.45. The molecule has 0 bridgehead atoms. The minimum absolute atomic E-state index is 0.0444. The molecule has 118 valence electrons. The molecule has 0 aromatic rings. The Bertz CT molecular complexity index is 327. The Balaban J connectivity index is 2.12. The van der Waals surface area contributed by atoms with Crippen LogP contribution in [0.2, 0.25) is 0 Å². The monoisotopic (exact) mass is 282 g/mol. The van der Waals surface area contributed by atoms with Gasteiger partial charge in [-0.25, -0.2) is 0 Å². The molecule has 0 spiro atoms. The van der Waals surface area contributed by atoms with Crippen LogP contribution >= 0.6 is 0 Å². The van der Waals surface area contributed by atoms with E-state index in [2.05, 4.69) is 51.8 Å². The van der Waals surface area contributed by atoms with Gasteiger partial charge in [0.2, 0.25) is 0 Å². The Hall–Kier alpha value is -0.120. The molecule has 2 aliphatic rings. The smallest absolute Gasteiger partial charge is 0.0790 e. The lowest BCUT2D eigenvalue weighted by Gasteiger charge is -2.35. The van der Waals surface area contributed by atoms with Gasteiger partial charge in [0.05, 0.1) is 11.2 Å². The predicted octanol–water partition coefficient (Wildman–Crippen LogP) is 3.04. The molecule has 3 unspecified atom stereocenters. The van der Waals surface area contributed by atoms with Gasteiger partial charge in [0, 0.05) is 24.5 Å². The Morgan fingerprint density at radius 2 is 1.90 bits per heavy atom. The Labute approximate surface area is 125 Å². The summed E-state index contributed by atoms with van der Waals surface area (Å²) in [5.41, 5.74) is -0.122. The summed E-state index contributed by atoms with van der Waals surface area (Å²) in [5, 5.41) is 3.76. The number of likely N-dealkylation sites (tertiary alicyclic amines) is 1. The van der Waals surface area contributed by atoms with Crippen molar-refractivity contribution in [3.05, 3.63) is 0 Å². The summed E-state index contributed by atoms with van der Waals surface area (Å²) < 4.78 is 6.41. The summed E-state index contributed by atoms with van der Waals surface area (Å²) >= 11 is 0. The Kier molecular flexibility index (Phi) is 4.83. The van der Waals surface area contributed by atoms with E-state index in [1.165, 1.54) is 32.4 Å². The van der Waals surface area contributed by atoms with Crippen LogP contribution in [-0.4, -0.2) is 47.8 Å². The van der Waals surface area contributed by atoms with Gasteiger partial charge in [0.15, 0.2) is 0 Å². The first kappa shape index (κ1) is 16.3. The lowest BCUT2D eigenvalue weighted by Crippen LogP contribution is -2.51. The largest absolute Gasteiger partial charge is 0.368 e. The number of ether oxygens (including phenoxy) is 1. The third kappa shape index (κ3) is 3.20. The van der Waals surface area contributed by atoms with Crippen molar-refractivity contribution in [3.63, 3.8) is 0 Å². The van der Waals surface area contributed by atoms with Crippen LogP contribution in [0.25, 0.3) is 0 Å². The highest BCUT2D eigenvalue weighted by molar-refractivity contribution is 5.06. The first-order valence-electron chi connectivity index (χ1n) is 8.45. The van der Waals surface area contributed by atoms with Crippen LogP contribution in [0.1, 0.15) is 60.8 Å². The van der Waals surface area contributed by atoms with Crippen molar-refractivity contribution >= 4 is 0 Å². The standard InChI is InChI=1S/C17H34N2O/c1-7-10-18-15-14(12-19-11-8-9-13(19)2)16(3,4)20-17(15,5)6/h13-15,18H,7-12H2,1-6H3. The van der Waals surface area contributed by atoms with Crippen LogP contribution in [0.5, 0.6) is 0 Å². The molecule has 2 rings (SSSR count). The minimum atomic E-state index is -0.0771. The number of nitrogens with zero attached hydrogens (tertiary/aromatic N) is 1. The Morgan fingerprint density at radius 1 is 1.20 bits per heavy atom. The topological polar surface area (TPSA) is 24.5 Å². The zero-order valence-corrected chi connectivity index (χ0v) is 14.3. The third-order valence-electron chi connectivity index (χ3n) is 5.31. The molecule has 2 saturated heterocycles. The lowest BCUT2D eigenvalue weighted by molar-refractivity contribution is -0.0797. The highest BCUT2D eigenvalue weighted by atomic mass is 16.5. The normalized spacial score (nSPS) is 36.6. The fraction of sp³-hybridized carbons (Fsp3) is 1.00. The van der Waals surface area contributed by atoms with E-state index in [9.17, 15) is 0 Å². The zero-order chi connectivity index (χ0) is 15.0. The molecule has 2 aliphatic heterocycles. The van der Waals surface area contributed by atoms with E-state index in [1.807, 2.05) is 0 Å². The van der Waals surface area contributed by atoms with E-state index < -0.39 is 0 Å². The van der Waals surface area contributed by atoms with Gasteiger partial charge in [-0.2, -0.15) is 0 Å². The van der Waals surface area contributed by atoms with Crippen LogP contribution in [0.3, 0.4) is 0 Å². The summed E-state index contributed by atoms with van der Waals surface area (Å²) in [5.74, 6) is 0.560. The maximum absolute atomic E-state index is 6.41. The highest BCUT2D eigenvalue weighted by Gasteiger charge is 2.54. The van der Waals surface area contributed by atoms with E-state index in [-0.39, 0.29) is 11.2 Å². The van der Waals surface area contributed by atoms with Crippen LogP contribution in [0.15, 0.2) is 0 Å². The molecule has 2 fully saturated rings. The highest BCUT2D eigenvalue weighted by Crippen LogP contribution is 2.43. The molecule has 3 nitrogen and oxygen atoms in total. The molecular formula is C17H34N2O. The van der Waals surface area contributed by atoms with Crippen LogP contribution in [0.4, 0.5) is 0 Å². The van der Waals surface area contributed by atoms with Gasteiger partial charge in [0.25, 0.3) is 0 Å². The van der Waals surface area contributed by atoms with Crippen LogP contribution in [-0.2, 0) is 4.74 Å². The second kappa shape index (κ2) is 5.94. The van der Waals surface area contributed by atoms with Crippen LogP contribution in [0, 0.1) is 5.92 Å². The van der Waals surface area contributed by atoms with Gasteiger partial charge in [-0.15, -0.1) is 0 Å². The average molecular weight is 282 g/mol. The minimum Gasteiger partial charge on any atom is -0.368 e. The lowest BCUT2D eigenvalue weighted by atomic mass is 9.82. The van der Waals surface area contributed by atoms with E-state index in [1.54, 1.807) is 0 Å². The molecule has 1 N–H and O–H groups in total. The van der Waals surface area contributed by atoms with E-state index in [0.29, 0.717) is 12.0 Å². The molecule has 0 radical (unpaired) electrons. The van der Waals surface area contributed by atoms with Crippen molar-refractivity contribution in [2.75, 3.05) is 19.6 Å². The van der Waals surface area contributed by atoms with Crippen molar-refractivity contribution in [2.24, 2.45) is 5.92 Å². The molecule has 3 atom stereocenters. The van der Waals surface area contributed by atoms with Gasteiger partial charge < -0.3 is 15.0 Å². The van der Waals surface area contributed by atoms with Gasteiger partial charge in [0.1, 0.15) is 0 Å². The Morgan fingerprint density at radius 3 is 2.45 bits per heavy atom. The van der Waals surface area contributed by atoms with Crippen molar-refractivity contribution in [2.45, 2.75) is 84.1 Å². The molecule has 0 amide bonds. The molecule has 0 aromatic carbocycles. The SMILES string of the molecule is CCCNC1C(CN2CCCC2C)C(C)(C)OC1(C)C. The summed E-state index contributed by atoms with van der Waals surface area (Å²) in [6, 6.07) is 1.19. The van der Waals surface area contributed by atoms with Crippen molar-refractivity contribution in [1.29, 1.82) is 0 Å². The van der Waals surface area contributed by atoms with E-state index in [4.69, 9.17) is 4.74 Å². The third-order valence-corrected chi connectivity index (χ3v) is 5.31. The predicted molar refractivity (Wildman–Crippen MR) is 85.1 cm³/mol. The molecular weight excluding hydrogens is 248 g/mol. The maximum Gasteiger partial charge on any atom is 0.0790 e. The molecule has 2 heterocycles.